The van der Waals surface area contributed by atoms with Crippen molar-refractivity contribution >= 4 is 0 Å². The summed E-state index contributed by atoms with van der Waals surface area (Å²) in [6, 6.07) is 0.298. The summed E-state index contributed by atoms with van der Waals surface area (Å²) in [4.78, 5) is 0. The van der Waals surface area contributed by atoms with E-state index in [9.17, 15) is 0 Å². The number of nitrogens with two attached hydrogens (primary N) is 1. The Morgan fingerprint density at radius 1 is 1.12 bits per heavy atom. The van der Waals surface area contributed by atoms with Gasteiger partial charge in [-0.15, -0.1) is 0 Å². The molecule has 16 heavy (non-hydrogen) atoms. The minimum absolute atomic E-state index is 0.144. The summed E-state index contributed by atoms with van der Waals surface area (Å²) in [6.45, 7) is 8.67. The van der Waals surface area contributed by atoms with Crippen LogP contribution in [0.25, 0.3) is 0 Å². The number of ether oxygens (including phenoxy) is 2. The van der Waals surface area contributed by atoms with Crippen LogP contribution in [0.4, 0.5) is 0 Å². The van der Waals surface area contributed by atoms with E-state index in [1.165, 1.54) is 0 Å². The first-order valence-corrected chi connectivity index (χ1v) is 6.46. The highest BCUT2D eigenvalue weighted by Crippen LogP contribution is 2.43. The molecular weight excluding hydrogens is 202 g/mol. The van der Waals surface area contributed by atoms with E-state index in [0.29, 0.717) is 30.5 Å². The van der Waals surface area contributed by atoms with Gasteiger partial charge in [0.05, 0.1) is 24.4 Å². The van der Waals surface area contributed by atoms with Gasteiger partial charge in [-0.1, -0.05) is 13.8 Å². The van der Waals surface area contributed by atoms with E-state index in [4.69, 9.17) is 15.2 Å². The van der Waals surface area contributed by atoms with Crippen LogP contribution >= 0.6 is 0 Å². The van der Waals surface area contributed by atoms with Gasteiger partial charge in [0.1, 0.15) is 0 Å². The Morgan fingerprint density at radius 3 is 2.12 bits per heavy atom. The SMILES string of the molecule is CC1CC(OC2CC(N)C2(C)C)CC(C)O1. The average molecular weight is 227 g/mol. The summed E-state index contributed by atoms with van der Waals surface area (Å²) in [5.74, 6) is 0. The van der Waals surface area contributed by atoms with Crippen molar-refractivity contribution in [3.05, 3.63) is 0 Å². The van der Waals surface area contributed by atoms with E-state index in [2.05, 4.69) is 27.7 Å². The Bertz CT molecular complexity index is 244. The fraction of sp³-hybridized carbons (Fsp3) is 1.00. The van der Waals surface area contributed by atoms with Gasteiger partial charge in [-0.3, -0.25) is 0 Å². The summed E-state index contributed by atoms with van der Waals surface area (Å²) in [7, 11) is 0. The van der Waals surface area contributed by atoms with E-state index in [1.54, 1.807) is 0 Å². The summed E-state index contributed by atoms with van der Waals surface area (Å²) >= 11 is 0. The van der Waals surface area contributed by atoms with E-state index in [0.717, 1.165) is 19.3 Å². The van der Waals surface area contributed by atoms with E-state index in [-0.39, 0.29) is 5.41 Å². The second-order valence-electron chi connectivity index (χ2n) is 6.14. The zero-order chi connectivity index (χ0) is 11.9. The predicted molar refractivity (Wildman–Crippen MR) is 64.3 cm³/mol. The van der Waals surface area contributed by atoms with Crippen molar-refractivity contribution in [2.75, 3.05) is 0 Å². The molecular formula is C13H25NO2. The Balaban J connectivity index is 1.86. The van der Waals surface area contributed by atoms with Crippen molar-refractivity contribution < 1.29 is 9.47 Å². The fourth-order valence-electron chi connectivity index (χ4n) is 2.84. The third-order valence-electron chi connectivity index (χ3n) is 4.26. The standard InChI is InChI=1S/C13H25NO2/c1-8-5-10(6-9(2)15-8)16-12-7-11(14)13(12,3)4/h8-12H,5-7,14H2,1-4H3. The van der Waals surface area contributed by atoms with Crippen LogP contribution in [0.3, 0.4) is 0 Å². The van der Waals surface area contributed by atoms with Gasteiger partial charge >= 0.3 is 0 Å². The van der Waals surface area contributed by atoms with Gasteiger partial charge in [-0.05, 0) is 33.1 Å². The molecule has 4 atom stereocenters. The van der Waals surface area contributed by atoms with Crippen LogP contribution < -0.4 is 5.73 Å². The van der Waals surface area contributed by atoms with Crippen LogP contribution in [0, 0.1) is 5.41 Å². The molecule has 1 saturated heterocycles. The largest absolute Gasteiger partial charge is 0.375 e. The molecule has 3 heteroatoms. The van der Waals surface area contributed by atoms with Crippen LogP contribution in [0.2, 0.25) is 0 Å². The molecule has 94 valence electrons. The molecule has 2 fully saturated rings. The fourth-order valence-corrected chi connectivity index (χ4v) is 2.84. The quantitative estimate of drug-likeness (QED) is 0.785. The van der Waals surface area contributed by atoms with Crippen molar-refractivity contribution in [1.82, 2.24) is 0 Å². The Labute approximate surface area is 98.7 Å². The van der Waals surface area contributed by atoms with Crippen LogP contribution in [0.5, 0.6) is 0 Å². The van der Waals surface area contributed by atoms with Crippen molar-refractivity contribution in [2.45, 2.75) is 77.4 Å². The first-order valence-electron chi connectivity index (χ1n) is 6.46. The summed E-state index contributed by atoms with van der Waals surface area (Å²) < 4.78 is 11.9. The first kappa shape index (κ1) is 12.3. The Hall–Kier alpha value is -0.120. The molecule has 1 heterocycles. The average Bonchev–Trinajstić information content (AvgIpc) is 2.15. The molecule has 0 spiro atoms. The third-order valence-corrected chi connectivity index (χ3v) is 4.26. The van der Waals surface area contributed by atoms with Gasteiger partial charge in [-0.25, -0.2) is 0 Å². The van der Waals surface area contributed by atoms with Crippen LogP contribution in [-0.4, -0.2) is 30.5 Å². The molecule has 2 N–H and O–H groups in total. The van der Waals surface area contributed by atoms with Gasteiger partial charge < -0.3 is 15.2 Å². The van der Waals surface area contributed by atoms with Crippen molar-refractivity contribution in [3.8, 4) is 0 Å². The first-order chi connectivity index (χ1) is 7.39. The lowest BCUT2D eigenvalue weighted by Gasteiger charge is -2.51. The van der Waals surface area contributed by atoms with E-state index >= 15 is 0 Å². The summed E-state index contributed by atoms with van der Waals surface area (Å²) in [5, 5.41) is 0. The van der Waals surface area contributed by atoms with Gasteiger partial charge in [0.15, 0.2) is 0 Å². The molecule has 0 radical (unpaired) electrons. The second kappa shape index (κ2) is 4.28. The molecule has 1 aliphatic carbocycles. The minimum atomic E-state index is 0.144. The predicted octanol–water partition coefficient (Wildman–Crippen LogP) is 2.08. The molecule has 0 aromatic heterocycles. The maximum absolute atomic E-state index is 6.19. The van der Waals surface area contributed by atoms with Gasteiger partial charge in [0, 0.05) is 11.5 Å². The molecule has 2 rings (SSSR count). The van der Waals surface area contributed by atoms with Crippen LogP contribution in [-0.2, 0) is 9.47 Å². The number of hydrogen-bond donors (Lipinski definition) is 1. The lowest BCUT2D eigenvalue weighted by molar-refractivity contribution is -0.179. The molecule has 0 bridgehead atoms. The molecule has 4 unspecified atom stereocenters. The smallest absolute Gasteiger partial charge is 0.0659 e. The summed E-state index contributed by atoms with van der Waals surface area (Å²) in [5.41, 5.74) is 6.15. The molecule has 1 aliphatic heterocycles. The van der Waals surface area contributed by atoms with Gasteiger partial charge in [0.2, 0.25) is 0 Å². The topological polar surface area (TPSA) is 44.5 Å². The highest BCUT2D eigenvalue weighted by atomic mass is 16.5. The Kier molecular flexibility index (Phi) is 3.30. The normalized spacial score (nSPS) is 47.4. The molecule has 0 aromatic carbocycles. The second-order valence-corrected chi connectivity index (χ2v) is 6.14. The van der Waals surface area contributed by atoms with Crippen molar-refractivity contribution in [2.24, 2.45) is 11.1 Å². The third kappa shape index (κ3) is 2.27. The zero-order valence-corrected chi connectivity index (χ0v) is 10.9. The van der Waals surface area contributed by atoms with E-state index in [1.807, 2.05) is 0 Å². The maximum Gasteiger partial charge on any atom is 0.0659 e. The Morgan fingerprint density at radius 2 is 1.69 bits per heavy atom. The van der Waals surface area contributed by atoms with Crippen LogP contribution in [0.1, 0.15) is 47.0 Å². The highest BCUT2D eigenvalue weighted by Gasteiger charge is 2.48. The maximum atomic E-state index is 6.19. The molecule has 0 amide bonds. The molecule has 2 aliphatic rings. The number of hydrogen-bond acceptors (Lipinski definition) is 3. The molecule has 1 saturated carbocycles. The number of rotatable bonds is 2. The summed E-state index contributed by atoms with van der Waals surface area (Å²) in [6.07, 6.45) is 4.39. The van der Waals surface area contributed by atoms with Crippen molar-refractivity contribution in [3.63, 3.8) is 0 Å². The van der Waals surface area contributed by atoms with E-state index < -0.39 is 0 Å². The van der Waals surface area contributed by atoms with Crippen molar-refractivity contribution in [1.29, 1.82) is 0 Å². The lowest BCUT2D eigenvalue weighted by Crippen LogP contribution is -2.60. The van der Waals surface area contributed by atoms with Crippen LogP contribution in [0.15, 0.2) is 0 Å². The monoisotopic (exact) mass is 227 g/mol. The molecule has 3 nitrogen and oxygen atoms in total. The van der Waals surface area contributed by atoms with Gasteiger partial charge in [-0.2, -0.15) is 0 Å². The minimum Gasteiger partial charge on any atom is -0.375 e. The zero-order valence-electron chi connectivity index (χ0n) is 10.9. The highest BCUT2D eigenvalue weighted by molar-refractivity contribution is 5.01. The van der Waals surface area contributed by atoms with Gasteiger partial charge in [0.25, 0.3) is 0 Å². The lowest BCUT2D eigenvalue weighted by atomic mass is 9.65. The molecule has 0 aromatic rings.